The molecular weight excluding hydrogens is 253 g/mol. The number of halogens is 3. The van der Waals surface area contributed by atoms with Gasteiger partial charge in [0.25, 0.3) is 0 Å². The van der Waals surface area contributed by atoms with Gasteiger partial charge in [-0.15, -0.1) is 0 Å². The Labute approximate surface area is 140 Å². The molecule has 1 aromatic heterocycles. The van der Waals surface area contributed by atoms with Crippen molar-refractivity contribution in [3.8, 4) is 0 Å². The predicted molar refractivity (Wildman–Crippen MR) is 59.9 cm³/mol. The third-order valence-electron chi connectivity index (χ3n) is 2.78. The van der Waals surface area contributed by atoms with Crippen LogP contribution in [0, 0.1) is 13.8 Å². The normalized spacial score (nSPS) is 11.4. The second-order valence-electron chi connectivity index (χ2n) is 3.92. The van der Waals surface area contributed by atoms with E-state index in [2.05, 4.69) is 4.98 Å². The van der Waals surface area contributed by atoms with Crippen molar-refractivity contribution >= 4 is 23.3 Å². The van der Waals surface area contributed by atoms with Crippen LogP contribution in [-0.4, -0.2) is 12.0 Å². The van der Waals surface area contributed by atoms with Gasteiger partial charge in [-0.2, -0.15) is 0 Å². The molecule has 0 radical (unpaired) electrons. The first kappa shape index (κ1) is 15.2. The van der Waals surface area contributed by atoms with Crippen LogP contribution >= 0.6 is 0 Å². The quantitative estimate of drug-likeness (QED) is 0.655. The molecule has 0 bridgehead atoms. The third kappa shape index (κ3) is 3.12. The Bertz CT molecular complexity index is 554. The van der Waals surface area contributed by atoms with E-state index in [4.69, 9.17) is 0 Å². The summed E-state index contributed by atoms with van der Waals surface area (Å²) in [5, 5.41) is 0.541. The van der Waals surface area contributed by atoms with E-state index in [0.717, 1.165) is 23.4 Å². The first-order valence-electron chi connectivity index (χ1n) is 4.95. The molecule has 0 saturated carbocycles. The number of fused-ring (bicyclic) bond motifs is 1. The van der Waals surface area contributed by atoms with Crippen molar-refractivity contribution in [3.63, 3.8) is 0 Å². The molecule has 1 nitrogen and oxygen atoms in total. The van der Waals surface area contributed by atoms with E-state index in [-0.39, 0.29) is 51.4 Å². The SMILES string of the molecule is Cc1ccc2cc([B-](F)(F)F)cnc2c1C.[K+]. The Hall–Kier alpha value is 0.121. The first-order valence-corrected chi connectivity index (χ1v) is 4.95. The van der Waals surface area contributed by atoms with E-state index >= 15 is 0 Å². The summed E-state index contributed by atoms with van der Waals surface area (Å²) in [4.78, 5) is 3.90. The fraction of sp³-hybridized carbons (Fsp3) is 0.182. The van der Waals surface area contributed by atoms with Gasteiger partial charge in [0.2, 0.25) is 0 Å². The maximum absolute atomic E-state index is 12.5. The smallest absolute Gasteiger partial charge is 0.445 e. The molecule has 0 amide bonds. The van der Waals surface area contributed by atoms with Gasteiger partial charge in [-0.3, -0.25) is 4.98 Å². The van der Waals surface area contributed by atoms with Gasteiger partial charge in [-0.1, -0.05) is 23.7 Å². The van der Waals surface area contributed by atoms with Gasteiger partial charge >= 0.3 is 58.4 Å². The zero-order valence-corrected chi connectivity index (χ0v) is 13.1. The molecule has 0 spiro atoms. The summed E-state index contributed by atoms with van der Waals surface area (Å²) in [6.45, 7) is -1.19. The number of hydrogen-bond acceptors (Lipinski definition) is 1. The zero-order valence-electron chi connectivity index (χ0n) is 9.97. The Morgan fingerprint density at radius 1 is 1.12 bits per heavy atom. The van der Waals surface area contributed by atoms with Crippen molar-refractivity contribution in [1.29, 1.82) is 0 Å². The molecule has 0 unspecified atom stereocenters. The predicted octanol–water partition coefficient (Wildman–Crippen LogP) is -0.0900. The molecule has 0 saturated heterocycles. The van der Waals surface area contributed by atoms with Crippen LogP contribution < -0.4 is 56.8 Å². The molecule has 6 heteroatoms. The van der Waals surface area contributed by atoms with Crippen LogP contribution in [-0.2, 0) is 0 Å². The van der Waals surface area contributed by atoms with Crippen LogP contribution in [0.5, 0.6) is 0 Å². The van der Waals surface area contributed by atoms with Gasteiger partial charge in [-0.05, 0) is 30.4 Å². The van der Waals surface area contributed by atoms with Crippen molar-refractivity contribution in [2.45, 2.75) is 13.8 Å². The average molecular weight is 263 g/mol. The van der Waals surface area contributed by atoms with Crippen LogP contribution in [0.1, 0.15) is 11.1 Å². The largest absolute Gasteiger partial charge is 1.00 e. The summed E-state index contributed by atoms with van der Waals surface area (Å²) in [5.41, 5.74) is 1.96. The zero-order chi connectivity index (χ0) is 11.9. The molecule has 1 heterocycles. The van der Waals surface area contributed by atoms with Crippen molar-refractivity contribution in [2.75, 3.05) is 0 Å². The van der Waals surface area contributed by atoms with Crippen LogP contribution in [0.25, 0.3) is 10.9 Å². The van der Waals surface area contributed by atoms with E-state index in [0.29, 0.717) is 10.9 Å². The summed E-state index contributed by atoms with van der Waals surface area (Å²) in [6, 6.07) is 4.65. The minimum Gasteiger partial charge on any atom is -0.445 e. The Balaban J connectivity index is 0.00000144. The molecule has 0 N–H and O–H groups in total. The number of benzene rings is 1. The van der Waals surface area contributed by atoms with E-state index in [9.17, 15) is 12.9 Å². The molecule has 17 heavy (non-hydrogen) atoms. The Morgan fingerprint density at radius 2 is 1.76 bits per heavy atom. The summed E-state index contributed by atoms with van der Waals surface area (Å²) in [7, 11) is 0. The van der Waals surface area contributed by atoms with Crippen molar-refractivity contribution in [1.82, 2.24) is 4.98 Å². The molecule has 0 aliphatic carbocycles. The molecule has 0 fully saturated rings. The summed E-state index contributed by atoms with van der Waals surface area (Å²) in [5.74, 6) is 0. The average Bonchev–Trinajstić information content (AvgIpc) is 2.22. The fourth-order valence-corrected chi connectivity index (χ4v) is 1.64. The standard InChI is InChI=1S/C11H10BF3N.K/c1-7-3-4-9-5-10(12(13,14)15)6-16-11(9)8(7)2;/h3-6H,1-2H3;/q-1;+1. The van der Waals surface area contributed by atoms with E-state index in [1.165, 1.54) is 0 Å². The van der Waals surface area contributed by atoms with Crippen molar-refractivity contribution in [3.05, 3.63) is 35.5 Å². The second kappa shape index (κ2) is 5.40. The van der Waals surface area contributed by atoms with E-state index in [1.807, 2.05) is 19.9 Å². The molecular formula is C11H10BF3KN. The van der Waals surface area contributed by atoms with Crippen LogP contribution in [0.2, 0.25) is 0 Å². The van der Waals surface area contributed by atoms with Gasteiger partial charge in [0.15, 0.2) is 0 Å². The van der Waals surface area contributed by atoms with Gasteiger partial charge in [0.05, 0.1) is 5.52 Å². The van der Waals surface area contributed by atoms with E-state index < -0.39 is 12.4 Å². The molecule has 0 atom stereocenters. The molecule has 0 aliphatic heterocycles. The number of aryl methyl sites for hydroxylation is 2. The van der Waals surface area contributed by atoms with Gasteiger partial charge in [0.1, 0.15) is 0 Å². The van der Waals surface area contributed by atoms with Gasteiger partial charge in [0, 0.05) is 6.20 Å². The molecule has 84 valence electrons. The Morgan fingerprint density at radius 3 is 2.35 bits per heavy atom. The van der Waals surface area contributed by atoms with Crippen LogP contribution in [0.3, 0.4) is 0 Å². The summed E-state index contributed by atoms with van der Waals surface area (Å²) >= 11 is 0. The first-order chi connectivity index (χ1) is 7.39. The fourth-order valence-electron chi connectivity index (χ4n) is 1.64. The number of nitrogens with zero attached hydrogens (tertiary/aromatic N) is 1. The number of pyridine rings is 1. The van der Waals surface area contributed by atoms with Crippen molar-refractivity contribution in [2.24, 2.45) is 0 Å². The summed E-state index contributed by atoms with van der Waals surface area (Å²) in [6.07, 6.45) is 0.911. The number of hydrogen-bond donors (Lipinski definition) is 0. The molecule has 0 aliphatic rings. The van der Waals surface area contributed by atoms with E-state index in [1.54, 1.807) is 6.07 Å². The maximum atomic E-state index is 12.5. The van der Waals surface area contributed by atoms with Gasteiger partial charge in [-0.25, -0.2) is 0 Å². The Kier molecular flexibility index (Phi) is 4.82. The minimum atomic E-state index is -4.97. The van der Waals surface area contributed by atoms with Gasteiger partial charge < -0.3 is 12.9 Å². The minimum absolute atomic E-state index is 0. The van der Waals surface area contributed by atoms with Crippen LogP contribution in [0.15, 0.2) is 24.4 Å². The van der Waals surface area contributed by atoms with Crippen LogP contribution in [0.4, 0.5) is 12.9 Å². The number of rotatable bonds is 1. The monoisotopic (exact) mass is 263 g/mol. The molecule has 1 aromatic carbocycles. The molecule has 2 rings (SSSR count). The maximum Gasteiger partial charge on any atom is 1.00 e. The molecule has 2 aromatic rings. The summed E-state index contributed by atoms with van der Waals surface area (Å²) < 4.78 is 37.6. The topological polar surface area (TPSA) is 12.9 Å². The second-order valence-corrected chi connectivity index (χ2v) is 3.92. The van der Waals surface area contributed by atoms with Crippen molar-refractivity contribution < 1.29 is 64.3 Å². The number of aromatic nitrogens is 1. The third-order valence-corrected chi connectivity index (χ3v) is 2.78.